The summed E-state index contributed by atoms with van der Waals surface area (Å²) < 4.78 is 99.1. The molecule has 0 radical (unpaired) electrons. The standard InChI is InChI=1S/C32H39F6NO4/c1-19-4-5-22(12-20(19)2)28-23(16-39-9-7-30(8-10-39)18-41-17-27(30)40)6-11-42-29(28)43-21(3)24-13-25(31(33,34)35)15-26(14-24)32(36,37)38/h4-5,12-15,21,23,27-29,40H,6-11,16-18H2,1-3H3. The number of alkyl halides is 6. The van der Waals surface area contributed by atoms with Gasteiger partial charge >= 0.3 is 12.4 Å². The lowest BCUT2D eigenvalue weighted by atomic mass is 9.75. The van der Waals surface area contributed by atoms with Gasteiger partial charge in [0, 0.05) is 17.9 Å². The molecule has 1 spiro atoms. The van der Waals surface area contributed by atoms with Gasteiger partial charge in [-0.1, -0.05) is 18.2 Å². The van der Waals surface area contributed by atoms with Crippen molar-refractivity contribution in [1.82, 2.24) is 4.90 Å². The quantitative estimate of drug-likeness (QED) is 0.354. The van der Waals surface area contributed by atoms with Crippen LogP contribution in [-0.2, 0) is 26.6 Å². The molecular weight excluding hydrogens is 576 g/mol. The third kappa shape index (κ3) is 7.06. The van der Waals surface area contributed by atoms with Crippen LogP contribution in [0.4, 0.5) is 26.3 Å². The SMILES string of the molecule is Cc1ccc(C2C(CN3CCC4(CC3)COCC4O)CCOC2OC(C)c2cc(C(F)(F)F)cc(C(F)(F)F)c2)cc1C. The smallest absolute Gasteiger partial charge is 0.390 e. The van der Waals surface area contributed by atoms with E-state index in [1.807, 2.05) is 26.0 Å². The number of halogens is 6. The van der Waals surface area contributed by atoms with Crippen LogP contribution in [-0.4, -0.2) is 61.9 Å². The molecular formula is C32H39F6NO4. The second-order valence-electron chi connectivity index (χ2n) is 12.5. The molecule has 11 heteroatoms. The molecule has 0 amide bonds. The summed E-state index contributed by atoms with van der Waals surface area (Å²) in [7, 11) is 0. The summed E-state index contributed by atoms with van der Waals surface area (Å²) in [6, 6.07) is 7.63. The number of benzene rings is 2. The van der Waals surface area contributed by atoms with Gasteiger partial charge in [0.15, 0.2) is 6.29 Å². The second-order valence-corrected chi connectivity index (χ2v) is 12.5. The maximum Gasteiger partial charge on any atom is 0.416 e. The van der Waals surface area contributed by atoms with E-state index in [2.05, 4.69) is 11.0 Å². The van der Waals surface area contributed by atoms with Gasteiger partial charge in [0.25, 0.3) is 0 Å². The van der Waals surface area contributed by atoms with Gasteiger partial charge in [-0.3, -0.25) is 0 Å². The molecule has 1 N–H and O–H groups in total. The van der Waals surface area contributed by atoms with E-state index >= 15 is 0 Å². The molecule has 3 aliphatic heterocycles. The molecule has 2 aromatic carbocycles. The van der Waals surface area contributed by atoms with Gasteiger partial charge < -0.3 is 24.2 Å². The van der Waals surface area contributed by atoms with Gasteiger partial charge in [-0.15, -0.1) is 0 Å². The number of likely N-dealkylation sites (tertiary alicyclic amines) is 1. The first-order valence-corrected chi connectivity index (χ1v) is 14.8. The number of piperidine rings is 1. The van der Waals surface area contributed by atoms with Crippen molar-refractivity contribution in [2.24, 2.45) is 11.3 Å². The highest BCUT2D eigenvalue weighted by Crippen LogP contribution is 2.44. The lowest BCUT2D eigenvalue weighted by Gasteiger charge is -2.45. The molecule has 2 aromatic rings. The summed E-state index contributed by atoms with van der Waals surface area (Å²) in [5, 5.41) is 10.5. The third-order valence-corrected chi connectivity index (χ3v) is 9.62. The zero-order valence-corrected chi connectivity index (χ0v) is 24.6. The average Bonchev–Trinajstić information content (AvgIpc) is 3.29. The van der Waals surface area contributed by atoms with Crippen molar-refractivity contribution in [3.05, 3.63) is 69.8 Å². The molecule has 0 bridgehead atoms. The van der Waals surface area contributed by atoms with Crippen molar-refractivity contribution in [1.29, 1.82) is 0 Å². The Hall–Kier alpha value is -2.18. The fourth-order valence-electron chi connectivity index (χ4n) is 6.70. The topological polar surface area (TPSA) is 51.2 Å². The molecule has 0 aliphatic carbocycles. The van der Waals surface area contributed by atoms with Crippen LogP contribution in [0.15, 0.2) is 36.4 Å². The Morgan fingerprint density at radius 3 is 2.19 bits per heavy atom. The number of rotatable bonds is 6. The van der Waals surface area contributed by atoms with Crippen LogP contribution in [0.5, 0.6) is 0 Å². The lowest BCUT2D eigenvalue weighted by molar-refractivity contribution is -0.210. The summed E-state index contributed by atoms with van der Waals surface area (Å²) in [6.45, 7) is 9.05. The summed E-state index contributed by atoms with van der Waals surface area (Å²) >= 11 is 0. The number of hydrogen-bond acceptors (Lipinski definition) is 5. The minimum absolute atomic E-state index is 0.0686. The second kappa shape index (κ2) is 12.3. The van der Waals surface area contributed by atoms with Crippen LogP contribution < -0.4 is 0 Å². The first-order chi connectivity index (χ1) is 20.2. The molecule has 5 unspecified atom stereocenters. The number of aryl methyl sites for hydroxylation is 2. The number of hydrogen-bond donors (Lipinski definition) is 1. The van der Waals surface area contributed by atoms with Crippen molar-refractivity contribution in [3.63, 3.8) is 0 Å². The zero-order valence-electron chi connectivity index (χ0n) is 24.6. The molecule has 5 atom stereocenters. The molecule has 0 aromatic heterocycles. The molecule has 0 saturated carbocycles. The van der Waals surface area contributed by atoms with Crippen molar-refractivity contribution in [3.8, 4) is 0 Å². The van der Waals surface area contributed by atoms with Gasteiger partial charge in [-0.05, 0) is 99.5 Å². The van der Waals surface area contributed by atoms with E-state index in [9.17, 15) is 31.4 Å². The fraction of sp³-hybridized carbons (Fsp3) is 0.625. The summed E-state index contributed by atoms with van der Waals surface area (Å²) in [4.78, 5) is 2.36. The van der Waals surface area contributed by atoms with Gasteiger partial charge in [0.05, 0.1) is 43.2 Å². The highest BCUT2D eigenvalue weighted by molar-refractivity contribution is 5.35. The van der Waals surface area contributed by atoms with E-state index < -0.39 is 42.0 Å². The monoisotopic (exact) mass is 615 g/mol. The lowest BCUT2D eigenvalue weighted by Crippen LogP contribution is -2.49. The van der Waals surface area contributed by atoms with E-state index in [-0.39, 0.29) is 28.9 Å². The summed E-state index contributed by atoms with van der Waals surface area (Å²) in [5.74, 6) is -0.223. The summed E-state index contributed by atoms with van der Waals surface area (Å²) in [6.07, 6.45) is -9.97. The fourth-order valence-corrected chi connectivity index (χ4v) is 6.70. The van der Waals surface area contributed by atoms with Crippen LogP contribution in [0.25, 0.3) is 0 Å². The Morgan fingerprint density at radius 1 is 0.977 bits per heavy atom. The Kier molecular flexibility index (Phi) is 9.22. The molecule has 5 rings (SSSR count). The minimum atomic E-state index is -4.95. The Morgan fingerprint density at radius 2 is 1.63 bits per heavy atom. The zero-order chi connectivity index (χ0) is 31.2. The minimum Gasteiger partial charge on any atom is -0.390 e. The van der Waals surface area contributed by atoms with Crippen molar-refractivity contribution in [2.75, 3.05) is 39.5 Å². The molecule has 238 valence electrons. The van der Waals surface area contributed by atoms with E-state index in [0.29, 0.717) is 19.8 Å². The highest BCUT2D eigenvalue weighted by atomic mass is 19.4. The summed E-state index contributed by atoms with van der Waals surface area (Å²) in [5.41, 5.74) is -0.0470. The van der Waals surface area contributed by atoms with Crippen molar-refractivity contribution >= 4 is 0 Å². The first kappa shape index (κ1) is 32.2. The van der Waals surface area contributed by atoms with E-state index in [4.69, 9.17) is 14.2 Å². The number of nitrogens with zero attached hydrogens (tertiary/aromatic N) is 1. The number of ether oxygens (including phenoxy) is 3. The Balaban J connectivity index is 1.40. The predicted molar refractivity (Wildman–Crippen MR) is 147 cm³/mol. The molecule has 3 heterocycles. The van der Waals surface area contributed by atoms with Crippen LogP contribution in [0.2, 0.25) is 0 Å². The van der Waals surface area contributed by atoms with E-state index in [0.717, 1.165) is 67.7 Å². The van der Waals surface area contributed by atoms with E-state index in [1.165, 1.54) is 6.92 Å². The maximum atomic E-state index is 13.5. The molecule has 3 aliphatic rings. The van der Waals surface area contributed by atoms with Crippen molar-refractivity contribution in [2.45, 2.75) is 76.8 Å². The van der Waals surface area contributed by atoms with Gasteiger partial charge in [0.1, 0.15) is 0 Å². The molecule has 3 fully saturated rings. The largest absolute Gasteiger partial charge is 0.416 e. The molecule has 5 nitrogen and oxygen atoms in total. The predicted octanol–water partition coefficient (Wildman–Crippen LogP) is 7.04. The maximum absolute atomic E-state index is 13.5. The molecule has 43 heavy (non-hydrogen) atoms. The van der Waals surface area contributed by atoms with Crippen LogP contribution in [0.3, 0.4) is 0 Å². The average molecular weight is 616 g/mol. The third-order valence-electron chi connectivity index (χ3n) is 9.62. The van der Waals surface area contributed by atoms with Gasteiger partial charge in [-0.2, -0.15) is 26.3 Å². The van der Waals surface area contributed by atoms with Crippen LogP contribution in [0, 0.1) is 25.2 Å². The normalized spacial score (nSPS) is 27.5. The van der Waals surface area contributed by atoms with Crippen LogP contribution >= 0.6 is 0 Å². The van der Waals surface area contributed by atoms with Crippen LogP contribution in [0.1, 0.15) is 71.6 Å². The Bertz CT molecular complexity index is 1240. The first-order valence-electron chi connectivity index (χ1n) is 14.8. The van der Waals surface area contributed by atoms with E-state index in [1.54, 1.807) is 0 Å². The van der Waals surface area contributed by atoms with Crippen molar-refractivity contribution < 1.29 is 45.7 Å². The molecule has 3 saturated heterocycles. The number of aliphatic hydroxyl groups excluding tert-OH is 1. The number of aliphatic hydroxyl groups is 1. The highest BCUT2D eigenvalue weighted by Gasteiger charge is 2.46. The van der Waals surface area contributed by atoms with Gasteiger partial charge in [0.2, 0.25) is 0 Å². The Labute approximate surface area is 248 Å². The van der Waals surface area contributed by atoms with Gasteiger partial charge in [-0.25, -0.2) is 0 Å².